The van der Waals surface area contributed by atoms with Crippen LogP contribution in [0.2, 0.25) is 5.02 Å². The summed E-state index contributed by atoms with van der Waals surface area (Å²) in [5.74, 6) is 0.922. The predicted octanol–water partition coefficient (Wildman–Crippen LogP) is 3.37. The van der Waals surface area contributed by atoms with Crippen LogP contribution in [0.15, 0.2) is 42.5 Å². The third-order valence-corrected chi connectivity index (χ3v) is 4.05. The van der Waals surface area contributed by atoms with E-state index in [1.807, 2.05) is 30.3 Å². The highest BCUT2D eigenvalue weighted by Gasteiger charge is 2.31. The van der Waals surface area contributed by atoms with Gasteiger partial charge in [-0.1, -0.05) is 29.8 Å². The molecule has 0 fully saturated rings. The summed E-state index contributed by atoms with van der Waals surface area (Å²) in [7, 11) is 1.70. The molecular formula is C16H17ClN2O. The van der Waals surface area contributed by atoms with Gasteiger partial charge in [-0.3, -0.25) is 0 Å². The molecule has 3 rings (SSSR count). The average Bonchev–Trinajstić information content (AvgIpc) is 2.85. The van der Waals surface area contributed by atoms with E-state index in [4.69, 9.17) is 22.1 Å². The van der Waals surface area contributed by atoms with E-state index in [0.717, 1.165) is 23.0 Å². The van der Waals surface area contributed by atoms with E-state index in [9.17, 15) is 0 Å². The lowest BCUT2D eigenvalue weighted by molar-refractivity contribution is 0.410. The number of benzene rings is 2. The maximum absolute atomic E-state index is 6.10. The number of hydrogen-bond donors (Lipinski definition) is 1. The second kappa shape index (κ2) is 5.35. The van der Waals surface area contributed by atoms with Gasteiger partial charge in [-0.15, -0.1) is 0 Å². The van der Waals surface area contributed by atoms with Crippen LogP contribution in [0, 0.1) is 0 Å². The minimum absolute atomic E-state index is 0.165. The van der Waals surface area contributed by atoms with Crippen molar-refractivity contribution in [2.75, 3.05) is 18.6 Å². The van der Waals surface area contributed by atoms with E-state index in [1.165, 1.54) is 11.1 Å². The molecule has 4 heteroatoms. The number of nitrogens with zero attached hydrogens (tertiary/aromatic N) is 1. The minimum Gasteiger partial charge on any atom is -0.496 e. The van der Waals surface area contributed by atoms with Crippen molar-refractivity contribution in [1.29, 1.82) is 0 Å². The van der Waals surface area contributed by atoms with Gasteiger partial charge in [0.15, 0.2) is 0 Å². The van der Waals surface area contributed by atoms with Crippen molar-refractivity contribution in [1.82, 2.24) is 0 Å². The highest BCUT2D eigenvalue weighted by atomic mass is 35.5. The molecule has 1 atom stereocenters. The molecular weight excluding hydrogens is 272 g/mol. The fourth-order valence-corrected chi connectivity index (χ4v) is 3.07. The molecule has 1 aliphatic heterocycles. The zero-order chi connectivity index (χ0) is 14.1. The molecule has 0 saturated heterocycles. The fourth-order valence-electron chi connectivity index (χ4n) is 2.88. The first-order valence-corrected chi connectivity index (χ1v) is 7.00. The molecule has 2 aromatic rings. The van der Waals surface area contributed by atoms with Crippen molar-refractivity contribution < 1.29 is 4.74 Å². The Morgan fingerprint density at radius 2 is 2.10 bits per heavy atom. The number of hydrogen-bond acceptors (Lipinski definition) is 3. The molecule has 104 valence electrons. The summed E-state index contributed by atoms with van der Waals surface area (Å²) in [4.78, 5) is 2.28. The lowest BCUT2D eigenvalue weighted by atomic mass is 10.0. The SMILES string of the molecule is COc1cccc2c1CN(c1cccc(Cl)c1)C2CN. The van der Waals surface area contributed by atoms with Crippen LogP contribution in [0.3, 0.4) is 0 Å². The first-order valence-electron chi connectivity index (χ1n) is 6.62. The molecule has 3 nitrogen and oxygen atoms in total. The molecule has 0 radical (unpaired) electrons. The van der Waals surface area contributed by atoms with Crippen LogP contribution in [-0.2, 0) is 6.54 Å². The van der Waals surface area contributed by atoms with E-state index in [0.29, 0.717) is 6.54 Å². The van der Waals surface area contributed by atoms with Crippen LogP contribution in [0.5, 0.6) is 5.75 Å². The first kappa shape index (κ1) is 13.3. The number of anilines is 1. The van der Waals surface area contributed by atoms with Crippen molar-refractivity contribution in [3.05, 3.63) is 58.6 Å². The van der Waals surface area contributed by atoms with E-state index in [-0.39, 0.29) is 6.04 Å². The van der Waals surface area contributed by atoms with Crippen LogP contribution >= 0.6 is 11.6 Å². The smallest absolute Gasteiger partial charge is 0.124 e. The number of rotatable bonds is 3. The van der Waals surface area contributed by atoms with Crippen molar-refractivity contribution in [2.24, 2.45) is 5.73 Å². The predicted molar refractivity (Wildman–Crippen MR) is 82.4 cm³/mol. The second-order valence-electron chi connectivity index (χ2n) is 4.89. The largest absolute Gasteiger partial charge is 0.496 e. The Bertz CT molecular complexity index is 630. The Labute approximate surface area is 123 Å². The molecule has 0 spiro atoms. The summed E-state index contributed by atoms with van der Waals surface area (Å²) in [6.45, 7) is 1.36. The van der Waals surface area contributed by atoms with Gasteiger partial charge in [-0.25, -0.2) is 0 Å². The van der Waals surface area contributed by atoms with Gasteiger partial charge < -0.3 is 15.4 Å². The van der Waals surface area contributed by atoms with Crippen LogP contribution in [-0.4, -0.2) is 13.7 Å². The number of methoxy groups -OCH3 is 1. The highest BCUT2D eigenvalue weighted by molar-refractivity contribution is 6.30. The van der Waals surface area contributed by atoms with E-state index < -0.39 is 0 Å². The molecule has 0 aliphatic carbocycles. The minimum atomic E-state index is 0.165. The Balaban J connectivity index is 2.04. The lowest BCUT2D eigenvalue weighted by Crippen LogP contribution is -2.27. The van der Waals surface area contributed by atoms with Crippen molar-refractivity contribution >= 4 is 17.3 Å². The quantitative estimate of drug-likeness (QED) is 0.941. The summed E-state index contributed by atoms with van der Waals surface area (Å²) in [5, 5.41) is 0.737. The van der Waals surface area contributed by atoms with Crippen molar-refractivity contribution in [3.63, 3.8) is 0 Å². The third kappa shape index (κ3) is 2.13. The van der Waals surface area contributed by atoms with Crippen LogP contribution in [0.25, 0.3) is 0 Å². The van der Waals surface area contributed by atoms with Gasteiger partial charge in [0.1, 0.15) is 5.75 Å². The molecule has 1 aliphatic rings. The highest BCUT2D eigenvalue weighted by Crippen LogP contribution is 2.41. The van der Waals surface area contributed by atoms with Gasteiger partial charge in [0.25, 0.3) is 0 Å². The zero-order valence-corrected chi connectivity index (χ0v) is 12.1. The maximum atomic E-state index is 6.10. The summed E-state index contributed by atoms with van der Waals surface area (Å²) >= 11 is 6.10. The second-order valence-corrected chi connectivity index (χ2v) is 5.32. The molecule has 2 N–H and O–H groups in total. The Morgan fingerprint density at radius 1 is 1.30 bits per heavy atom. The molecule has 2 aromatic carbocycles. The Hall–Kier alpha value is -1.71. The van der Waals surface area contributed by atoms with E-state index in [2.05, 4.69) is 17.0 Å². The van der Waals surface area contributed by atoms with Crippen molar-refractivity contribution in [3.8, 4) is 5.75 Å². The number of nitrogens with two attached hydrogens (primary N) is 1. The van der Waals surface area contributed by atoms with Crippen LogP contribution < -0.4 is 15.4 Å². The maximum Gasteiger partial charge on any atom is 0.124 e. The summed E-state index contributed by atoms with van der Waals surface area (Å²) in [5.41, 5.74) is 9.54. The molecule has 0 aromatic heterocycles. The van der Waals surface area contributed by atoms with E-state index >= 15 is 0 Å². The number of fused-ring (bicyclic) bond motifs is 1. The summed E-state index contributed by atoms with van der Waals surface area (Å²) < 4.78 is 5.46. The van der Waals surface area contributed by atoms with Crippen molar-refractivity contribution in [2.45, 2.75) is 12.6 Å². The molecule has 0 amide bonds. The Kier molecular flexibility index (Phi) is 3.55. The molecule has 1 heterocycles. The van der Waals surface area contributed by atoms with Gasteiger partial charge in [-0.2, -0.15) is 0 Å². The Morgan fingerprint density at radius 3 is 2.80 bits per heavy atom. The third-order valence-electron chi connectivity index (χ3n) is 3.82. The van der Waals surface area contributed by atoms with Gasteiger partial charge in [0, 0.05) is 29.4 Å². The van der Waals surface area contributed by atoms with Gasteiger partial charge in [0.05, 0.1) is 13.2 Å². The lowest BCUT2D eigenvalue weighted by Gasteiger charge is -2.26. The monoisotopic (exact) mass is 288 g/mol. The molecule has 20 heavy (non-hydrogen) atoms. The topological polar surface area (TPSA) is 38.5 Å². The summed E-state index contributed by atoms with van der Waals surface area (Å²) in [6.07, 6.45) is 0. The number of halogens is 1. The van der Waals surface area contributed by atoms with Gasteiger partial charge in [0.2, 0.25) is 0 Å². The average molecular weight is 289 g/mol. The normalized spacial score (nSPS) is 17.1. The van der Waals surface area contributed by atoms with Crippen LogP contribution in [0.1, 0.15) is 17.2 Å². The molecule has 1 unspecified atom stereocenters. The van der Waals surface area contributed by atoms with Crippen LogP contribution in [0.4, 0.5) is 5.69 Å². The van der Waals surface area contributed by atoms with Gasteiger partial charge >= 0.3 is 0 Å². The zero-order valence-electron chi connectivity index (χ0n) is 11.3. The fraction of sp³-hybridized carbons (Fsp3) is 0.250. The molecule has 0 bridgehead atoms. The summed E-state index contributed by atoms with van der Waals surface area (Å²) in [6, 6.07) is 14.2. The first-order chi connectivity index (χ1) is 9.74. The molecule has 0 saturated carbocycles. The number of ether oxygens (including phenoxy) is 1. The van der Waals surface area contributed by atoms with E-state index in [1.54, 1.807) is 7.11 Å². The van der Waals surface area contributed by atoms with Gasteiger partial charge in [-0.05, 0) is 29.8 Å². The standard InChI is InChI=1S/C16H17ClN2O/c1-20-16-7-3-6-13-14(16)10-19(15(13)9-18)12-5-2-4-11(17)8-12/h2-8,15H,9-10,18H2,1H3.